The van der Waals surface area contributed by atoms with Crippen LogP contribution in [0.3, 0.4) is 0 Å². The molecule has 1 aliphatic heterocycles. The Morgan fingerprint density at radius 3 is 3.05 bits per heavy atom. The molecule has 1 heterocycles. The van der Waals surface area contributed by atoms with Crippen molar-refractivity contribution in [1.29, 1.82) is 0 Å². The summed E-state index contributed by atoms with van der Waals surface area (Å²) in [5.74, 6) is 0. The highest BCUT2D eigenvalue weighted by Gasteiger charge is 2.33. The first kappa shape index (κ1) is 14.1. The average molecular weight is 275 g/mol. The summed E-state index contributed by atoms with van der Waals surface area (Å²) in [7, 11) is 0. The molecule has 3 nitrogen and oxygen atoms in total. The molecule has 0 aromatic heterocycles. The quantitative estimate of drug-likeness (QED) is 0.842. The first-order chi connectivity index (χ1) is 9.79. The minimum absolute atomic E-state index is 0.247. The van der Waals surface area contributed by atoms with E-state index in [1.54, 1.807) is 0 Å². The van der Waals surface area contributed by atoms with Crippen molar-refractivity contribution in [2.24, 2.45) is 0 Å². The Balaban J connectivity index is 1.80. The number of nitrogens with zero attached hydrogens (tertiary/aromatic N) is 1. The van der Waals surface area contributed by atoms with Crippen molar-refractivity contribution in [1.82, 2.24) is 4.90 Å². The molecule has 1 aliphatic carbocycles. The Bertz CT molecular complexity index is 448. The summed E-state index contributed by atoms with van der Waals surface area (Å²) < 4.78 is 5.76. The molecule has 3 rings (SSSR count). The van der Waals surface area contributed by atoms with Gasteiger partial charge < -0.3 is 9.84 Å². The molecule has 1 fully saturated rings. The lowest BCUT2D eigenvalue weighted by molar-refractivity contribution is -0.0675. The number of aliphatic hydroxyl groups is 1. The Hall–Kier alpha value is -0.900. The van der Waals surface area contributed by atoms with E-state index in [4.69, 9.17) is 4.74 Å². The first-order valence-corrected chi connectivity index (χ1v) is 7.91. The van der Waals surface area contributed by atoms with Gasteiger partial charge in [0.2, 0.25) is 0 Å². The Morgan fingerprint density at radius 2 is 2.20 bits per heavy atom. The van der Waals surface area contributed by atoms with Crippen LogP contribution in [-0.4, -0.2) is 41.8 Å². The summed E-state index contributed by atoms with van der Waals surface area (Å²) in [5, 5.41) is 10.8. The minimum Gasteiger partial charge on any atom is -0.387 e. The van der Waals surface area contributed by atoms with Crippen molar-refractivity contribution in [2.75, 3.05) is 19.7 Å². The minimum atomic E-state index is -0.357. The van der Waals surface area contributed by atoms with Crippen LogP contribution < -0.4 is 0 Å². The molecule has 0 spiro atoms. The van der Waals surface area contributed by atoms with Crippen LogP contribution in [0.1, 0.15) is 43.4 Å². The van der Waals surface area contributed by atoms with E-state index in [1.165, 1.54) is 5.56 Å². The number of benzene rings is 1. The monoisotopic (exact) mass is 275 g/mol. The third-order valence-electron chi connectivity index (χ3n) is 4.78. The molecule has 0 amide bonds. The molecular formula is C17H25NO2. The second-order valence-electron chi connectivity index (χ2n) is 6.00. The van der Waals surface area contributed by atoms with Gasteiger partial charge in [-0.05, 0) is 36.8 Å². The standard InChI is InChI=1S/C17H25NO2/c1-2-14-12-18(10-11-20-14)16-9-5-7-13-6-3-4-8-15(13)17(16)19/h3-4,6,8,14,16-17,19H,2,5,7,9-12H2,1H3. The van der Waals surface area contributed by atoms with Crippen LogP contribution in [0.4, 0.5) is 0 Å². The second kappa shape index (κ2) is 6.25. The van der Waals surface area contributed by atoms with E-state index in [9.17, 15) is 5.11 Å². The zero-order chi connectivity index (χ0) is 13.9. The van der Waals surface area contributed by atoms with Crippen LogP contribution in [0.5, 0.6) is 0 Å². The van der Waals surface area contributed by atoms with Gasteiger partial charge in [-0.1, -0.05) is 31.2 Å². The van der Waals surface area contributed by atoms with Crippen LogP contribution >= 0.6 is 0 Å². The third kappa shape index (κ3) is 2.76. The van der Waals surface area contributed by atoms with Gasteiger partial charge in [0, 0.05) is 19.1 Å². The van der Waals surface area contributed by atoms with E-state index in [0.717, 1.165) is 50.9 Å². The predicted octanol–water partition coefficient (Wildman–Crippen LogP) is 2.54. The molecule has 3 atom stereocenters. The van der Waals surface area contributed by atoms with Gasteiger partial charge >= 0.3 is 0 Å². The highest BCUT2D eigenvalue weighted by atomic mass is 16.5. The van der Waals surface area contributed by atoms with Crippen molar-refractivity contribution in [3.8, 4) is 0 Å². The summed E-state index contributed by atoms with van der Waals surface area (Å²) in [6.07, 6.45) is 4.35. The Kier molecular flexibility index (Phi) is 4.39. The number of fused-ring (bicyclic) bond motifs is 1. The lowest BCUT2D eigenvalue weighted by atomic mass is 9.97. The Morgan fingerprint density at radius 1 is 1.35 bits per heavy atom. The van der Waals surface area contributed by atoms with Gasteiger partial charge in [-0.25, -0.2) is 0 Å². The largest absolute Gasteiger partial charge is 0.387 e. The molecule has 0 bridgehead atoms. The van der Waals surface area contributed by atoms with Gasteiger partial charge in [-0.3, -0.25) is 4.90 Å². The second-order valence-corrected chi connectivity index (χ2v) is 6.00. The summed E-state index contributed by atoms with van der Waals surface area (Å²) in [6.45, 7) is 4.87. The van der Waals surface area contributed by atoms with E-state index in [2.05, 4.69) is 30.0 Å². The maximum absolute atomic E-state index is 10.8. The fraction of sp³-hybridized carbons (Fsp3) is 0.647. The van der Waals surface area contributed by atoms with Gasteiger partial charge in [0.1, 0.15) is 0 Å². The fourth-order valence-electron chi connectivity index (χ4n) is 3.59. The van der Waals surface area contributed by atoms with Crippen molar-refractivity contribution < 1.29 is 9.84 Å². The topological polar surface area (TPSA) is 32.7 Å². The molecule has 2 aliphatic rings. The molecule has 1 N–H and O–H groups in total. The van der Waals surface area contributed by atoms with Crippen LogP contribution in [0.25, 0.3) is 0 Å². The molecule has 1 saturated heterocycles. The number of aryl methyl sites for hydroxylation is 1. The van der Waals surface area contributed by atoms with E-state index >= 15 is 0 Å². The first-order valence-electron chi connectivity index (χ1n) is 7.91. The Labute approximate surface area is 121 Å². The molecule has 3 unspecified atom stereocenters. The predicted molar refractivity (Wildman–Crippen MR) is 79.7 cm³/mol. The molecular weight excluding hydrogens is 250 g/mol. The van der Waals surface area contributed by atoms with Crippen LogP contribution in [0.2, 0.25) is 0 Å². The summed E-state index contributed by atoms with van der Waals surface area (Å²) in [4.78, 5) is 2.45. The van der Waals surface area contributed by atoms with Crippen molar-refractivity contribution in [3.05, 3.63) is 35.4 Å². The highest BCUT2D eigenvalue weighted by Crippen LogP contribution is 2.32. The maximum atomic E-state index is 10.8. The third-order valence-corrected chi connectivity index (χ3v) is 4.78. The number of rotatable bonds is 2. The number of hydrogen-bond acceptors (Lipinski definition) is 3. The van der Waals surface area contributed by atoms with E-state index in [0.29, 0.717) is 6.10 Å². The molecule has 20 heavy (non-hydrogen) atoms. The number of morpholine rings is 1. The lowest BCUT2D eigenvalue weighted by Crippen LogP contribution is -2.49. The normalized spacial score (nSPS) is 31.6. The molecule has 1 aromatic rings. The zero-order valence-corrected chi connectivity index (χ0v) is 12.3. The molecule has 110 valence electrons. The summed E-state index contributed by atoms with van der Waals surface area (Å²) in [6, 6.07) is 8.62. The summed E-state index contributed by atoms with van der Waals surface area (Å²) in [5.41, 5.74) is 2.46. The van der Waals surface area contributed by atoms with Crippen molar-refractivity contribution in [2.45, 2.75) is 50.9 Å². The van der Waals surface area contributed by atoms with Crippen LogP contribution in [0, 0.1) is 0 Å². The van der Waals surface area contributed by atoms with E-state index < -0.39 is 0 Å². The fourth-order valence-corrected chi connectivity index (χ4v) is 3.59. The van der Waals surface area contributed by atoms with Crippen LogP contribution in [0.15, 0.2) is 24.3 Å². The molecule has 0 radical (unpaired) electrons. The molecule has 1 aromatic carbocycles. The molecule has 0 saturated carbocycles. The number of ether oxygens (including phenoxy) is 1. The number of aliphatic hydroxyl groups excluding tert-OH is 1. The lowest BCUT2D eigenvalue weighted by Gasteiger charge is -2.39. The molecule has 3 heteroatoms. The van der Waals surface area contributed by atoms with Gasteiger partial charge in [0.15, 0.2) is 0 Å². The van der Waals surface area contributed by atoms with Gasteiger partial charge in [-0.15, -0.1) is 0 Å². The van der Waals surface area contributed by atoms with Crippen molar-refractivity contribution >= 4 is 0 Å². The maximum Gasteiger partial charge on any atom is 0.0947 e. The van der Waals surface area contributed by atoms with Crippen molar-refractivity contribution in [3.63, 3.8) is 0 Å². The average Bonchev–Trinajstić information content (AvgIpc) is 2.67. The highest BCUT2D eigenvalue weighted by molar-refractivity contribution is 5.31. The van der Waals surface area contributed by atoms with Gasteiger partial charge in [0.25, 0.3) is 0 Å². The SMILES string of the molecule is CCC1CN(C2CCCc3ccccc3C2O)CCO1. The smallest absolute Gasteiger partial charge is 0.0947 e. The van der Waals surface area contributed by atoms with E-state index in [1.807, 2.05) is 6.07 Å². The zero-order valence-electron chi connectivity index (χ0n) is 12.3. The van der Waals surface area contributed by atoms with Gasteiger partial charge in [0.05, 0.1) is 18.8 Å². The van der Waals surface area contributed by atoms with Gasteiger partial charge in [-0.2, -0.15) is 0 Å². The van der Waals surface area contributed by atoms with E-state index in [-0.39, 0.29) is 12.1 Å². The summed E-state index contributed by atoms with van der Waals surface area (Å²) >= 11 is 0. The number of hydrogen-bond donors (Lipinski definition) is 1. The van der Waals surface area contributed by atoms with Crippen LogP contribution in [-0.2, 0) is 11.2 Å².